The van der Waals surface area contributed by atoms with Crippen molar-refractivity contribution in [2.24, 2.45) is 11.7 Å². The minimum atomic E-state index is -0.517. The van der Waals surface area contributed by atoms with E-state index in [4.69, 9.17) is 5.73 Å². The van der Waals surface area contributed by atoms with Crippen LogP contribution in [0.5, 0.6) is 0 Å². The van der Waals surface area contributed by atoms with Gasteiger partial charge >= 0.3 is 0 Å². The number of amides is 1. The molecule has 0 aliphatic carbocycles. The predicted octanol–water partition coefficient (Wildman–Crippen LogP) is 0.797. The van der Waals surface area contributed by atoms with E-state index in [1.807, 2.05) is 20.1 Å². The van der Waals surface area contributed by atoms with Gasteiger partial charge in [-0.25, -0.2) is 0 Å². The number of rotatable bonds is 8. The molecular formula is C11H22N2O2S. The third-order valence-corrected chi connectivity index (χ3v) is 2.83. The van der Waals surface area contributed by atoms with E-state index in [0.29, 0.717) is 18.8 Å². The smallest absolute Gasteiger partial charge is 0.237 e. The minimum Gasteiger partial charge on any atom is -0.345 e. The third-order valence-electron chi connectivity index (χ3n) is 2.19. The second-order valence-electron chi connectivity index (χ2n) is 4.27. The summed E-state index contributed by atoms with van der Waals surface area (Å²) in [4.78, 5) is 22.3. The monoisotopic (exact) mass is 246 g/mol. The van der Waals surface area contributed by atoms with Crippen LogP contribution in [0.1, 0.15) is 26.7 Å². The zero-order valence-electron chi connectivity index (χ0n) is 10.2. The average Bonchev–Trinajstić information content (AvgIpc) is 2.22. The van der Waals surface area contributed by atoms with E-state index in [0.717, 1.165) is 12.0 Å². The van der Waals surface area contributed by atoms with Crippen LogP contribution in [0.15, 0.2) is 0 Å². The molecule has 0 fully saturated rings. The summed E-state index contributed by atoms with van der Waals surface area (Å²) in [6.45, 7) is 4.02. The number of hydrogen-bond acceptors (Lipinski definition) is 4. The Morgan fingerprint density at radius 2 is 2.12 bits per heavy atom. The molecule has 5 heteroatoms. The molecule has 0 spiro atoms. The molecule has 0 aromatic carbocycles. The molecular weight excluding hydrogens is 224 g/mol. The van der Waals surface area contributed by atoms with Crippen molar-refractivity contribution in [2.45, 2.75) is 38.8 Å². The fourth-order valence-corrected chi connectivity index (χ4v) is 1.81. The normalized spacial score (nSPS) is 14.6. The van der Waals surface area contributed by atoms with Gasteiger partial charge in [-0.2, -0.15) is 11.8 Å². The number of aldehydes is 1. The zero-order chi connectivity index (χ0) is 12.6. The van der Waals surface area contributed by atoms with Crippen LogP contribution in [-0.4, -0.2) is 36.3 Å². The highest BCUT2D eigenvalue weighted by atomic mass is 32.2. The molecule has 16 heavy (non-hydrogen) atoms. The van der Waals surface area contributed by atoms with E-state index in [2.05, 4.69) is 5.32 Å². The lowest BCUT2D eigenvalue weighted by atomic mass is 10.0. The first-order valence-corrected chi connectivity index (χ1v) is 6.90. The maximum Gasteiger partial charge on any atom is 0.237 e. The Hall–Kier alpha value is -0.550. The third kappa shape index (κ3) is 6.85. The first-order chi connectivity index (χ1) is 7.51. The quantitative estimate of drug-likeness (QED) is 0.621. The molecule has 0 saturated heterocycles. The van der Waals surface area contributed by atoms with E-state index in [9.17, 15) is 9.59 Å². The maximum absolute atomic E-state index is 11.6. The number of carbonyl (C=O) groups excluding carboxylic acids is 2. The molecule has 0 radical (unpaired) electrons. The summed E-state index contributed by atoms with van der Waals surface area (Å²) in [7, 11) is 0. The van der Waals surface area contributed by atoms with Gasteiger partial charge < -0.3 is 15.8 Å². The van der Waals surface area contributed by atoms with Crippen LogP contribution >= 0.6 is 11.8 Å². The lowest BCUT2D eigenvalue weighted by Crippen LogP contribution is -2.46. The molecule has 2 atom stereocenters. The SMILES string of the molecule is CSCC[C@@H](C=O)NC(=O)C(N)CC(C)C. The van der Waals surface area contributed by atoms with Crippen molar-refractivity contribution in [1.29, 1.82) is 0 Å². The Kier molecular flexibility index (Phi) is 8.29. The Labute approximate surface area is 102 Å². The second kappa shape index (κ2) is 8.58. The Morgan fingerprint density at radius 1 is 1.50 bits per heavy atom. The standard InChI is InChI=1S/C11H22N2O2S/c1-8(2)6-10(12)11(15)13-9(7-14)4-5-16-3/h7-10H,4-6,12H2,1-3H3,(H,13,15)/t9-,10?/m0/s1. The number of carbonyl (C=O) groups is 2. The second-order valence-corrected chi connectivity index (χ2v) is 5.25. The van der Waals surface area contributed by atoms with Crippen LogP contribution in [-0.2, 0) is 9.59 Å². The van der Waals surface area contributed by atoms with Crippen molar-refractivity contribution in [1.82, 2.24) is 5.32 Å². The van der Waals surface area contributed by atoms with Gasteiger partial charge in [-0.15, -0.1) is 0 Å². The highest BCUT2D eigenvalue weighted by Crippen LogP contribution is 2.04. The summed E-state index contributed by atoms with van der Waals surface area (Å²) in [5.41, 5.74) is 5.72. The molecule has 0 aromatic rings. The molecule has 3 N–H and O–H groups in total. The molecule has 0 heterocycles. The van der Waals surface area contributed by atoms with Crippen LogP contribution < -0.4 is 11.1 Å². The van der Waals surface area contributed by atoms with Crippen molar-refractivity contribution < 1.29 is 9.59 Å². The van der Waals surface area contributed by atoms with Crippen molar-refractivity contribution in [3.05, 3.63) is 0 Å². The van der Waals surface area contributed by atoms with Crippen LogP contribution in [0.2, 0.25) is 0 Å². The van der Waals surface area contributed by atoms with Gasteiger partial charge in [-0.1, -0.05) is 13.8 Å². The van der Waals surface area contributed by atoms with Gasteiger partial charge in [0.15, 0.2) is 0 Å². The topological polar surface area (TPSA) is 72.2 Å². The average molecular weight is 246 g/mol. The molecule has 0 aromatic heterocycles. The van der Waals surface area contributed by atoms with E-state index in [1.165, 1.54) is 0 Å². The molecule has 1 unspecified atom stereocenters. The minimum absolute atomic E-state index is 0.230. The van der Waals surface area contributed by atoms with Crippen LogP contribution in [0, 0.1) is 5.92 Å². The van der Waals surface area contributed by atoms with E-state index >= 15 is 0 Å². The maximum atomic E-state index is 11.6. The molecule has 94 valence electrons. The van der Waals surface area contributed by atoms with Gasteiger partial charge in [0.05, 0.1) is 12.1 Å². The van der Waals surface area contributed by atoms with Gasteiger partial charge in [0.2, 0.25) is 5.91 Å². The molecule has 0 aliphatic heterocycles. The van der Waals surface area contributed by atoms with Crippen LogP contribution in [0.4, 0.5) is 0 Å². The van der Waals surface area contributed by atoms with Crippen LogP contribution in [0.25, 0.3) is 0 Å². The van der Waals surface area contributed by atoms with E-state index < -0.39 is 12.1 Å². The van der Waals surface area contributed by atoms with Gasteiger partial charge in [0, 0.05) is 0 Å². The van der Waals surface area contributed by atoms with Gasteiger partial charge in [0.1, 0.15) is 6.29 Å². The van der Waals surface area contributed by atoms with Crippen molar-refractivity contribution in [2.75, 3.05) is 12.0 Å². The van der Waals surface area contributed by atoms with Crippen molar-refractivity contribution >= 4 is 24.0 Å². The summed E-state index contributed by atoms with van der Waals surface area (Å²) >= 11 is 1.65. The number of nitrogens with two attached hydrogens (primary N) is 1. The number of nitrogens with one attached hydrogen (secondary N) is 1. The molecule has 1 amide bonds. The molecule has 0 saturated carbocycles. The van der Waals surface area contributed by atoms with Crippen LogP contribution in [0.3, 0.4) is 0 Å². The Bertz CT molecular complexity index is 222. The lowest BCUT2D eigenvalue weighted by Gasteiger charge is -2.17. The van der Waals surface area contributed by atoms with E-state index in [-0.39, 0.29) is 5.91 Å². The highest BCUT2D eigenvalue weighted by Gasteiger charge is 2.18. The zero-order valence-corrected chi connectivity index (χ0v) is 11.0. The summed E-state index contributed by atoms with van der Waals surface area (Å²) in [6, 6.07) is -0.921. The Morgan fingerprint density at radius 3 is 2.56 bits per heavy atom. The first kappa shape index (κ1) is 15.4. The fraction of sp³-hybridized carbons (Fsp3) is 0.818. The number of hydrogen-bond donors (Lipinski definition) is 2. The number of thioether (sulfide) groups is 1. The van der Waals surface area contributed by atoms with E-state index in [1.54, 1.807) is 11.8 Å². The first-order valence-electron chi connectivity index (χ1n) is 5.51. The predicted molar refractivity (Wildman–Crippen MR) is 68.4 cm³/mol. The molecule has 4 nitrogen and oxygen atoms in total. The molecule has 0 rings (SSSR count). The van der Waals surface area contributed by atoms with Gasteiger partial charge in [0.25, 0.3) is 0 Å². The van der Waals surface area contributed by atoms with Gasteiger partial charge in [-0.05, 0) is 30.8 Å². The van der Waals surface area contributed by atoms with Crippen molar-refractivity contribution in [3.8, 4) is 0 Å². The summed E-state index contributed by atoms with van der Waals surface area (Å²) < 4.78 is 0. The summed E-state index contributed by atoms with van der Waals surface area (Å²) in [5, 5.41) is 2.66. The largest absolute Gasteiger partial charge is 0.345 e. The summed E-state index contributed by atoms with van der Waals surface area (Å²) in [5.74, 6) is 0.997. The molecule has 0 bridgehead atoms. The Balaban J connectivity index is 4.03. The van der Waals surface area contributed by atoms with Crippen molar-refractivity contribution in [3.63, 3.8) is 0 Å². The lowest BCUT2D eigenvalue weighted by molar-refractivity contribution is -0.125. The fourth-order valence-electron chi connectivity index (χ4n) is 1.32. The van der Waals surface area contributed by atoms with Gasteiger partial charge in [-0.3, -0.25) is 4.79 Å². The highest BCUT2D eigenvalue weighted by molar-refractivity contribution is 7.98. The summed E-state index contributed by atoms with van der Waals surface area (Å²) in [6.07, 6.45) is 4.04. The molecule has 0 aliphatic rings.